The third kappa shape index (κ3) is 7.10. The predicted molar refractivity (Wildman–Crippen MR) is 225 cm³/mol. The molecule has 2 aromatic carbocycles. The Morgan fingerprint density at radius 3 is 2.33 bits per heavy atom. The molecule has 0 aliphatic heterocycles. The Morgan fingerprint density at radius 2 is 1.60 bits per heavy atom. The van der Waals surface area contributed by atoms with Crippen LogP contribution in [0.2, 0.25) is 0 Å². The van der Waals surface area contributed by atoms with Crippen LogP contribution in [0.1, 0.15) is 62.9 Å². The summed E-state index contributed by atoms with van der Waals surface area (Å²) in [6, 6.07) is 10.3. The van der Waals surface area contributed by atoms with Gasteiger partial charge in [0.25, 0.3) is 5.91 Å². The van der Waals surface area contributed by atoms with Crippen LogP contribution >= 0.6 is 0 Å². The number of carbonyl (C=O) groups excluding carboxylic acids is 3. The second-order valence-corrected chi connectivity index (χ2v) is 14.2. The Morgan fingerprint density at radius 1 is 0.850 bits per heavy atom. The molecule has 0 spiro atoms. The number of amides is 3. The maximum absolute atomic E-state index is 13.7. The van der Waals surface area contributed by atoms with Crippen LogP contribution < -0.4 is 21.5 Å². The highest BCUT2D eigenvalue weighted by Crippen LogP contribution is 2.37. The van der Waals surface area contributed by atoms with Crippen molar-refractivity contribution in [2.45, 2.75) is 60.3 Å². The number of aromatic nitrogens is 9. The van der Waals surface area contributed by atoms with E-state index in [0.29, 0.717) is 106 Å². The van der Waals surface area contributed by atoms with Crippen molar-refractivity contribution in [3.05, 3.63) is 89.2 Å². The zero-order chi connectivity index (χ0) is 42.2. The molecule has 0 aliphatic rings. The van der Waals surface area contributed by atoms with Crippen molar-refractivity contribution in [2.24, 2.45) is 11.5 Å². The van der Waals surface area contributed by atoms with Crippen LogP contribution in [0, 0.1) is 13.8 Å². The minimum absolute atomic E-state index is 0.225. The first-order valence-electron chi connectivity index (χ1n) is 19.5. The number of hydrogen-bond donors (Lipinski definition) is 3. The number of carbonyl (C=O) groups is 3. The summed E-state index contributed by atoms with van der Waals surface area (Å²) in [7, 11) is 1.63. The molecule has 18 heteroatoms. The van der Waals surface area contributed by atoms with Crippen molar-refractivity contribution >= 4 is 67.6 Å². The van der Waals surface area contributed by atoms with E-state index in [1.807, 2.05) is 59.7 Å². The summed E-state index contributed by atoms with van der Waals surface area (Å²) in [5.41, 5.74) is 17.4. The number of hydrogen-bond acceptors (Lipinski definition) is 11. The summed E-state index contributed by atoms with van der Waals surface area (Å²) in [5, 5.41) is 13.9. The normalized spacial score (nSPS) is 11.9. The van der Waals surface area contributed by atoms with E-state index in [1.54, 1.807) is 48.3 Å². The average molecular weight is 813 g/mol. The molecule has 0 saturated heterocycles. The van der Waals surface area contributed by atoms with Gasteiger partial charge in [0, 0.05) is 74.2 Å². The number of fused-ring (bicyclic) bond motifs is 6. The van der Waals surface area contributed by atoms with E-state index >= 15 is 0 Å². The second-order valence-electron chi connectivity index (χ2n) is 14.2. The Kier molecular flexibility index (Phi) is 10.6. The molecule has 308 valence electrons. The fourth-order valence-corrected chi connectivity index (χ4v) is 7.57. The fraction of sp³-hybridized carbons (Fsp3) is 0.286. The lowest BCUT2D eigenvalue weighted by molar-refractivity contribution is 0.0992. The molecule has 60 heavy (non-hydrogen) atoms. The molecule has 8 aromatic rings. The van der Waals surface area contributed by atoms with Gasteiger partial charge in [-0.3, -0.25) is 29.1 Å². The second kappa shape index (κ2) is 16.1. The van der Waals surface area contributed by atoms with Crippen LogP contribution in [0.3, 0.4) is 0 Å². The van der Waals surface area contributed by atoms with E-state index in [0.717, 1.165) is 11.4 Å². The van der Waals surface area contributed by atoms with Gasteiger partial charge in [0.05, 0.1) is 40.9 Å². The van der Waals surface area contributed by atoms with Crippen LogP contribution in [-0.2, 0) is 30.9 Å². The van der Waals surface area contributed by atoms with Gasteiger partial charge in [-0.05, 0) is 64.1 Å². The molecule has 0 radical (unpaired) electrons. The zero-order valence-corrected chi connectivity index (χ0v) is 33.9. The summed E-state index contributed by atoms with van der Waals surface area (Å²) in [4.78, 5) is 53.4. The Bertz CT molecular complexity index is 3000. The van der Waals surface area contributed by atoms with Gasteiger partial charge in [0.1, 0.15) is 28.3 Å². The average Bonchev–Trinajstić information content (AvgIpc) is 4.07. The lowest BCUT2D eigenvalue weighted by atomic mass is 10.1. The summed E-state index contributed by atoms with van der Waals surface area (Å²) in [5.74, 6) is -0.475. The molecule has 5 N–H and O–H groups in total. The third-order valence-corrected chi connectivity index (χ3v) is 10.2. The van der Waals surface area contributed by atoms with E-state index in [2.05, 4.69) is 15.5 Å². The van der Waals surface area contributed by atoms with Crippen molar-refractivity contribution in [3.63, 3.8) is 0 Å². The maximum atomic E-state index is 13.7. The molecule has 0 atom stereocenters. The number of nitrogens with two attached hydrogens (primary N) is 2. The molecule has 6 aromatic heterocycles. The van der Waals surface area contributed by atoms with E-state index in [1.165, 1.54) is 6.26 Å². The monoisotopic (exact) mass is 812 g/mol. The van der Waals surface area contributed by atoms with E-state index in [4.69, 9.17) is 40.3 Å². The first kappa shape index (κ1) is 39.5. The third-order valence-electron chi connectivity index (χ3n) is 10.2. The molecule has 6 heterocycles. The van der Waals surface area contributed by atoms with Gasteiger partial charge in [-0.15, -0.1) is 0 Å². The highest BCUT2D eigenvalue weighted by Gasteiger charge is 2.24. The van der Waals surface area contributed by atoms with Crippen LogP contribution in [-0.4, -0.2) is 81.7 Å². The van der Waals surface area contributed by atoms with Crippen molar-refractivity contribution in [1.29, 1.82) is 0 Å². The number of imidazole rings is 1. The molecule has 3 amide bonds. The van der Waals surface area contributed by atoms with Gasteiger partial charge in [0.15, 0.2) is 11.4 Å². The summed E-state index contributed by atoms with van der Waals surface area (Å²) < 4.78 is 24.8. The zero-order valence-electron chi connectivity index (χ0n) is 33.9. The van der Waals surface area contributed by atoms with Crippen molar-refractivity contribution in [2.75, 3.05) is 25.6 Å². The number of furan rings is 1. The quantitative estimate of drug-likeness (QED) is 0.0812. The number of rotatable bonds is 16. The van der Waals surface area contributed by atoms with Gasteiger partial charge < -0.3 is 34.5 Å². The molecule has 18 nitrogen and oxygen atoms in total. The van der Waals surface area contributed by atoms with Gasteiger partial charge in [-0.1, -0.05) is 12.2 Å². The highest BCUT2D eigenvalue weighted by atomic mass is 16.5. The standard InChI is InChI=1S/C42H44N12O6/c1-6-53-31(17-23(3)49-53)39-45-22-29-27-19-25(37(43)55)20-33(59-15-10-14-58-5)34(27)51(40(29)47-39)12-8-9-13-52-35-30(21-28(38(44)56)26-11-16-60-36(26)35)46-42(52)48-41(57)32-18-24(4)50-54(32)7-2/h8-9,11,16-22H,6-7,10,12-15H2,1-5H3,(H2,43,55)(H2,44,56)(H,46,48,57)/b9-8+. The summed E-state index contributed by atoms with van der Waals surface area (Å²) in [6.07, 6.45) is 7.74. The summed E-state index contributed by atoms with van der Waals surface area (Å²) in [6.45, 7) is 10.1. The minimum atomic E-state index is -0.636. The smallest absolute Gasteiger partial charge is 0.276 e. The van der Waals surface area contributed by atoms with Crippen molar-refractivity contribution < 1.29 is 28.3 Å². The number of benzene rings is 2. The number of aryl methyl sites for hydroxylation is 4. The predicted octanol–water partition coefficient (Wildman–Crippen LogP) is 5.52. The fourth-order valence-electron chi connectivity index (χ4n) is 7.57. The Labute approximate surface area is 342 Å². The molecule has 0 fully saturated rings. The number of methoxy groups -OCH3 is 1. The number of anilines is 1. The molecular weight excluding hydrogens is 769 g/mol. The highest BCUT2D eigenvalue weighted by molar-refractivity contribution is 6.14. The number of ether oxygens (including phenoxy) is 2. The van der Waals surface area contributed by atoms with Crippen molar-refractivity contribution in [3.8, 4) is 17.3 Å². The van der Waals surface area contributed by atoms with Crippen LogP contribution in [0.4, 0.5) is 5.95 Å². The molecule has 8 rings (SSSR count). The summed E-state index contributed by atoms with van der Waals surface area (Å²) >= 11 is 0. The van der Waals surface area contributed by atoms with Gasteiger partial charge in [-0.25, -0.2) is 15.0 Å². The first-order chi connectivity index (χ1) is 29.0. The van der Waals surface area contributed by atoms with Crippen molar-refractivity contribution in [1.82, 2.24) is 43.6 Å². The number of allylic oxidation sites excluding steroid dienone is 2. The SMILES string of the molecule is CCn1nc(C)cc1C(=O)Nc1nc2cc(C(N)=O)c3ccoc3c2n1C/C=C/Cn1c2nc(-c3cc(C)nn3CC)ncc2c2cc(C(N)=O)cc(OCCCOC)c21. The lowest BCUT2D eigenvalue weighted by Gasteiger charge is -2.12. The molecule has 0 aliphatic carbocycles. The topological polar surface area (TPSA) is 231 Å². The largest absolute Gasteiger partial charge is 0.491 e. The van der Waals surface area contributed by atoms with Gasteiger partial charge in [-0.2, -0.15) is 10.2 Å². The number of nitrogens with one attached hydrogen (secondary N) is 1. The Hall–Kier alpha value is -7.34. The van der Waals surface area contributed by atoms with Crippen LogP contribution in [0.25, 0.3) is 55.5 Å². The molecule has 0 bridgehead atoms. The lowest BCUT2D eigenvalue weighted by Crippen LogP contribution is -2.19. The van der Waals surface area contributed by atoms with Crippen LogP contribution in [0.15, 0.2) is 65.4 Å². The van der Waals surface area contributed by atoms with E-state index < -0.39 is 17.7 Å². The Balaban J connectivity index is 1.24. The van der Waals surface area contributed by atoms with Crippen LogP contribution in [0.5, 0.6) is 5.75 Å². The van der Waals surface area contributed by atoms with Gasteiger partial charge >= 0.3 is 0 Å². The van der Waals surface area contributed by atoms with E-state index in [-0.39, 0.29) is 23.6 Å². The number of primary amides is 2. The van der Waals surface area contributed by atoms with Gasteiger partial charge in [0.2, 0.25) is 17.8 Å². The molecular formula is C42H44N12O6. The number of nitrogens with zero attached hydrogens (tertiary/aromatic N) is 9. The first-order valence-corrected chi connectivity index (χ1v) is 19.5. The van der Waals surface area contributed by atoms with E-state index in [9.17, 15) is 14.4 Å². The minimum Gasteiger partial charge on any atom is -0.491 e. The maximum Gasteiger partial charge on any atom is 0.276 e. The molecule has 0 unspecified atom stereocenters. The molecule has 0 saturated carbocycles.